The van der Waals surface area contributed by atoms with Crippen LogP contribution in [-0.4, -0.2) is 30.0 Å². The molecule has 0 spiro atoms. The summed E-state index contributed by atoms with van der Waals surface area (Å²) in [4.78, 5) is -0.0973. The van der Waals surface area contributed by atoms with Gasteiger partial charge < -0.3 is 9.47 Å². The minimum Gasteiger partial charge on any atom is -0.490 e. The highest BCUT2D eigenvalue weighted by Crippen LogP contribution is 2.37. The summed E-state index contributed by atoms with van der Waals surface area (Å²) in [7, 11) is -8.10. The van der Waals surface area contributed by atoms with Crippen molar-refractivity contribution < 1.29 is 26.3 Å². The van der Waals surface area contributed by atoms with Crippen LogP contribution in [0.2, 0.25) is 10.0 Å². The van der Waals surface area contributed by atoms with E-state index in [1.165, 1.54) is 36.4 Å². The summed E-state index contributed by atoms with van der Waals surface area (Å²) in [5.74, 6) is 0.749. The number of rotatable bonds is 6. The van der Waals surface area contributed by atoms with Gasteiger partial charge in [0.15, 0.2) is 11.5 Å². The first-order chi connectivity index (χ1) is 15.2. The highest BCUT2D eigenvalue weighted by atomic mass is 35.5. The van der Waals surface area contributed by atoms with Gasteiger partial charge in [-0.2, -0.15) is 0 Å². The highest BCUT2D eigenvalue weighted by molar-refractivity contribution is 7.94. The Labute approximate surface area is 199 Å². The molecule has 1 aliphatic rings. The van der Waals surface area contributed by atoms with Crippen molar-refractivity contribution in [3.8, 4) is 11.5 Å². The molecule has 0 amide bonds. The van der Waals surface area contributed by atoms with E-state index in [1.54, 1.807) is 11.4 Å². The topological polar surface area (TPSA) is 111 Å². The van der Waals surface area contributed by atoms with E-state index in [0.717, 1.165) is 11.3 Å². The van der Waals surface area contributed by atoms with Gasteiger partial charge in [0.2, 0.25) is 0 Å². The maximum Gasteiger partial charge on any atom is 0.271 e. The second kappa shape index (κ2) is 8.99. The average Bonchev–Trinajstić information content (AvgIpc) is 3.18. The molecule has 2 N–H and O–H groups in total. The molecule has 0 unspecified atom stereocenters. The Kier molecular flexibility index (Phi) is 6.46. The Morgan fingerprint density at radius 2 is 1.44 bits per heavy atom. The molecule has 13 heteroatoms. The predicted molar refractivity (Wildman–Crippen MR) is 124 cm³/mol. The summed E-state index contributed by atoms with van der Waals surface area (Å²) in [6.07, 6.45) is 0.673. The molecule has 0 saturated heterocycles. The third-order valence-corrected chi connectivity index (χ3v) is 9.19. The van der Waals surface area contributed by atoms with Crippen molar-refractivity contribution in [3.63, 3.8) is 0 Å². The minimum atomic E-state index is -4.14. The number of ether oxygens (including phenoxy) is 2. The molecule has 0 atom stereocenters. The van der Waals surface area contributed by atoms with Crippen molar-refractivity contribution in [2.24, 2.45) is 0 Å². The van der Waals surface area contributed by atoms with E-state index in [4.69, 9.17) is 32.7 Å². The SMILES string of the molecule is O=S(=O)(Nc1cc(Cl)c(Cl)cc1NS(=O)(=O)c1cccs1)c1ccc2c(c1)OCCCO2. The fourth-order valence-corrected chi connectivity index (χ4v) is 6.32. The number of hydrogen-bond donors (Lipinski definition) is 2. The molecule has 0 radical (unpaired) electrons. The number of sulfonamides is 2. The monoisotopic (exact) mass is 534 g/mol. The molecular weight excluding hydrogens is 519 g/mol. The molecule has 2 aromatic carbocycles. The fourth-order valence-electron chi connectivity index (χ4n) is 2.84. The molecule has 4 rings (SSSR count). The lowest BCUT2D eigenvalue weighted by Gasteiger charge is -2.16. The van der Waals surface area contributed by atoms with Crippen LogP contribution in [0.4, 0.5) is 11.4 Å². The number of hydrogen-bond acceptors (Lipinski definition) is 7. The lowest BCUT2D eigenvalue weighted by molar-refractivity contribution is 0.297. The Balaban J connectivity index is 1.69. The Bertz CT molecular complexity index is 1360. The second-order valence-electron chi connectivity index (χ2n) is 6.61. The molecule has 170 valence electrons. The van der Waals surface area contributed by atoms with Crippen molar-refractivity contribution >= 4 is 66.0 Å². The first-order valence-corrected chi connectivity index (χ1v) is 13.7. The third-order valence-electron chi connectivity index (χ3n) is 4.34. The molecular formula is C19H16Cl2N2O6S3. The van der Waals surface area contributed by atoms with Gasteiger partial charge in [-0.1, -0.05) is 29.3 Å². The Hall–Kier alpha value is -2.18. The van der Waals surface area contributed by atoms with E-state index in [9.17, 15) is 16.8 Å². The van der Waals surface area contributed by atoms with E-state index in [2.05, 4.69) is 9.44 Å². The van der Waals surface area contributed by atoms with Gasteiger partial charge in [0.25, 0.3) is 20.0 Å². The molecule has 3 aromatic rings. The standard InChI is InChI=1S/C19H16Cl2N2O6S3/c20-13-10-15(16(11-14(13)21)23-32(26,27)19-3-1-8-30-19)22-31(24,25)12-4-5-17-18(9-12)29-7-2-6-28-17/h1,3-5,8-11,22-23H,2,6-7H2. The largest absolute Gasteiger partial charge is 0.490 e. The smallest absolute Gasteiger partial charge is 0.271 e. The lowest BCUT2D eigenvalue weighted by atomic mass is 10.3. The van der Waals surface area contributed by atoms with E-state index < -0.39 is 20.0 Å². The van der Waals surface area contributed by atoms with Crippen LogP contribution in [-0.2, 0) is 20.0 Å². The molecule has 0 bridgehead atoms. The van der Waals surface area contributed by atoms with E-state index in [-0.39, 0.29) is 30.5 Å². The van der Waals surface area contributed by atoms with Crippen LogP contribution < -0.4 is 18.9 Å². The minimum absolute atomic E-state index is 0.0436. The van der Waals surface area contributed by atoms with Crippen LogP contribution >= 0.6 is 34.5 Å². The summed E-state index contributed by atoms with van der Waals surface area (Å²) in [6.45, 7) is 0.861. The van der Waals surface area contributed by atoms with Gasteiger partial charge in [-0.25, -0.2) is 16.8 Å². The zero-order valence-corrected chi connectivity index (χ0v) is 20.1. The van der Waals surface area contributed by atoms with Gasteiger partial charge in [-0.3, -0.25) is 9.44 Å². The fraction of sp³-hybridized carbons (Fsp3) is 0.158. The lowest BCUT2D eigenvalue weighted by Crippen LogP contribution is -2.17. The van der Waals surface area contributed by atoms with Crippen molar-refractivity contribution in [2.45, 2.75) is 15.5 Å². The predicted octanol–water partition coefficient (Wildman–Crippen LogP) is 4.82. The zero-order valence-electron chi connectivity index (χ0n) is 16.2. The maximum atomic E-state index is 13.1. The third kappa shape index (κ3) is 4.91. The van der Waals surface area contributed by atoms with E-state index in [1.807, 2.05) is 0 Å². The van der Waals surface area contributed by atoms with Gasteiger partial charge in [0, 0.05) is 12.5 Å². The van der Waals surface area contributed by atoms with Gasteiger partial charge in [-0.15, -0.1) is 11.3 Å². The maximum absolute atomic E-state index is 13.1. The van der Waals surface area contributed by atoms with Crippen molar-refractivity contribution in [3.05, 3.63) is 57.9 Å². The average molecular weight is 535 g/mol. The van der Waals surface area contributed by atoms with Crippen LogP contribution in [0.3, 0.4) is 0 Å². The van der Waals surface area contributed by atoms with Gasteiger partial charge in [0.1, 0.15) is 4.21 Å². The van der Waals surface area contributed by atoms with Crippen LogP contribution in [0, 0.1) is 0 Å². The molecule has 0 fully saturated rings. The summed E-state index contributed by atoms with van der Waals surface area (Å²) in [5, 5.41) is 1.70. The summed E-state index contributed by atoms with van der Waals surface area (Å²) in [6, 6.07) is 9.69. The number of nitrogens with one attached hydrogen (secondary N) is 2. The first-order valence-electron chi connectivity index (χ1n) is 9.13. The van der Waals surface area contributed by atoms with Gasteiger partial charge >= 0.3 is 0 Å². The summed E-state index contributed by atoms with van der Waals surface area (Å²) < 4.78 is 67.3. The van der Waals surface area contributed by atoms with E-state index in [0.29, 0.717) is 31.1 Å². The molecule has 0 aliphatic carbocycles. The van der Waals surface area contributed by atoms with Crippen molar-refractivity contribution in [1.82, 2.24) is 0 Å². The Morgan fingerprint density at radius 1 is 0.812 bits per heavy atom. The van der Waals surface area contributed by atoms with Crippen molar-refractivity contribution in [1.29, 1.82) is 0 Å². The highest BCUT2D eigenvalue weighted by Gasteiger charge is 2.23. The zero-order chi connectivity index (χ0) is 22.9. The van der Waals surface area contributed by atoms with Crippen LogP contribution in [0.15, 0.2) is 56.9 Å². The number of fused-ring (bicyclic) bond motifs is 1. The van der Waals surface area contributed by atoms with Gasteiger partial charge in [0.05, 0.1) is 39.5 Å². The molecule has 1 aromatic heterocycles. The van der Waals surface area contributed by atoms with E-state index >= 15 is 0 Å². The first kappa shape index (κ1) is 23.0. The van der Waals surface area contributed by atoms with Crippen LogP contribution in [0.25, 0.3) is 0 Å². The Morgan fingerprint density at radius 3 is 2.06 bits per heavy atom. The molecule has 2 heterocycles. The molecule has 0 saturated carbocycles. The molecule has 32 heavy (non-hydrogen) atoms. The normalized spacial score (nSPS) is 13.9. The summed E-state index contributed by atoms with van der Waals surface area (Å²) in [5.41, 5.74) is -0.169. The molecule has 8 nitrogen and oxygen atoms in total. The number of anilines is 2. The van der Waals surface area contributed by atoms with Crippen LogP contribution in [0.1, 0.15) is 6.42 Å². The van der Waals surface area contributed by atoms with Gasteiger partial charge in [-0.05, 0) is 35.7 Å². The number of thiophene rings is 1. The number of halogens is 2. The number of benzene rings is 2. The quantitative estimate of drug-likeness (QED) is 0.469. The second-order valence-corrected chi connectivity index (χ2v) is 12.0. The summed E-state index contributed by atoms with van der Waals surface area (Å²) >= 11 is 13.1. The molecule has 1 aliphatic heterocycles. The van der Waals surface area contributed by atoms with Crippen molar-refractivity contribution in [2.75, 3.05) is 22.7 Å². The van der Waals surface area contributed by atoms with Crippen LogP contribution in [0.5, 0.6) is 11.5 Å².